The number of aliphatic hydroxyl groups is 1. The van der Waals surface area contributed by atoms with Gasteiger partial charge in [-0.3, -0.25) is 0 Å². The highest BCUT2D eigenvalue weighted by molar-refractivity contribution is 7.07. The maximum absolute atomic E-state index is 9.45. The zero-order chi connectivity index (χ0) is 14.2. The molecule has 2 aromatic heterocycles. The first-order valence-electron chi connectivity index (χ1n) is 6.47. The minimum atomic E-state index is 0.152. The van der Waals surface area contributed by atoms with Gasteiger partial charge in [0.2, 0.25) is 0 Å². The van der Waals surface area contributed by atoms with Crippen LogP contribution in [0.3, 0.4) is 0 Å². The largest absolute Gasteiger partial charge is 0.396 e. The van der Waals surface area contributed by atoms with Crippen LogP contribution in [0.1, 0.15) is 11.3 Å². The second-order valence-electron chi connectivity index (χ2n) is 4.59. The lowest BCUT2D eigenvalue weighted by atomic mass is 10.0. The first kappa shape index (κ1) is 14.9. The fraction of sp³-hybridized carbons (Fsp3) is 0.429. The first-order chi connectivity index (χ1) is 9.81. The average molecular weight is 293 g/mol. The third-order valence-corrected chi connectivity index (χ3v) is 3.68. The quantitative estimate of drug-likeness (QED) is 0.778. The van der Waals surface area contributed by atoms with E-state index in [9.17, 15) is 5.11 Å². The highest BCUT2D eigenvalue weighted by Gasteiger charge is 2.09. The molecule has 0 aliphatic carbocycles. The number of methoxy groups -OCH3 is 1. The molecule has 0 radical (unpaired) electrons. The van der Waals surface area contributed by atoms with Crippen LogP contribution in [0.4, 0.5) is 5.82 Å². The molecule has 2 aromatic rings. The fourth-order valence-electron chi connectivity index (χ4n) is 1.91. The summed E-state index contributed by atoms with van der Waals surface area (Å²) in [5.74, 6) is 0.932. The number of aromatic nitrogens is 2. The molecule has 0 aliphatic heterocycles. The molecule has 0 unspecified atom stereocenters. The van der Waals surface area contributed by atoms with Crippen molar-refractivity contribution in [3.05, 3.63) is 40.5 Å². The van der Waals surface area contributed by atoms with E-state index in [1.165, 1.54) is 11.9 Å². The molecule has 0 spiro atoms. The van der Waals surface area contributed by atoms with Crippen LogP contribution in [-0.4, -0.2) is 35.3 Å². The summed E-state index contributed by atoms with van der Waals surface area (Å²) in [4.78, 5) is 8.28. The Balaban J connectivity index is 1.87. The molecule has 6 heteroatoms. The molecule has 0 bridgehead atoms. The van der Waals surface area contributed by atoms with E-state index in [2.05, 4.69) is 32.1 Å². The molecule has 0 aliphatic rings. The van der Waals surface area contributed by atoms with Crippen molar-refractivity contribution in [3.8, 4) is 0 Å². The van der Waals surface area contributed by atoms with Gasteiger partial charge in [-0.1, -0.05) is 0 Å². The van der Waals surface area contributed by atoms with Crippen LogP contribution in [0.2, 0.25) is 0 Å². The van der Waals surface area contributed by atoms with Gasteiger partial charge in [-0.05, 0) is 28.8 Å². The Morgan fingerprint density at radius 3 is 3.05 bits per heavy atom. The topological polar surface area (TPSA) is 67.3 Å². The van der Waals surface area contributed by atoms with E-state index >= 15 is 0 Å². The van der Waals surface area contributed by atoms with Gasteiger partial charge in [-0.2, -0.15) is 11.3 Å². The average Bonchev–Trinajstić information content (AvgIpc) is 2.97. The molecule has 2 N–H and O–H groups in total. The van der Waals surface area contributed by atoms with Gasteiger partial charge in [0.1, 0.15) is 12.1 Å². The van der Waals surface area contributed by atoms with Gasteiger partial charge in [0, 0.05) is 32.2 Å². The molecule has 108 valence electrons. The number of aliphatic hydroxyl groups excluding tert-OH is 1. The predicted octanol–water partition coefficient (Wildman–Crippen LogP) is 1.95. The minimum absolute atomic E-state index is 0.152. The molecular formula is C14H19N3O2S. The van der Waals surface area contributed by atoms with Gasteiger partial charge < -0.3 is 15.2 Å². The van der Waals surface area contributed by atoms with Crippen molar-refractivity contribution in [2.75, 3.05) is 25.6 Å². The molecule has 20 heavy (non-hydrogen) atoms. The van der Waals surface area contributed by atoms with Crippen molar-refractivity contribution in [1.29, 1.82) is 0 Å². The van der Waals surface area contributed by atoms with Crippen molar-refractivity contribution in [2.24, 2.45) is 5.92 Å². The van der Waals surface area contributed by atoms with E-state index in [0.29, 0.717) is 13.2 Å². The van der Waals surface area contributed by atoms with Gasteiger partial charge >= 0.3 is 0 Å². The van der Waals surface area contributed by atoms with Crippen LogP contribution < -0.4 is 5.32 Å². The Bertz CT molecular complexity index is 505. The summed E-state index contributed by atoms with van der Waals surface area (Å²) < 4.78 is 5.04. The number of rotatable bonds is 8. The highest BCUT2D eigenvalue weighted by Crippen LogP contribution is 2.13. The van der Waals surface area contributed by atoms with Gasteiger partial charge in [0.05, 0.1) is 12.3 Å². The number of hydrogen-bond donors (Lipinski definition) is 2. The number of thiophene rings is 1. The summed E-state index contributed by atoms with van der Waals surface area (Å²) in [6.45, 7) is 1.30. The van der Waals surface area contributed by atoms with E-state index in [-0.39, 0.29) is 12.5 Å². The Morgan fingerprint density at radius 2 is 2.35 bits per heavy atom. The molecule has 0 aromatic carbocycles. The summed E-state index contributed by atoms with van der Waals surface area (Å²) in [5, 5.41) is 16.9. The van der Waals surface area contributed by atoms with E-state index in [4.69, 9.17) is 4.74 Å². The molecule has 0 saturated heterocycles. The molecule has 0 amide bonds. The number of hydrogen-bond acceptors (Lipinski definition) is 6. The SMILES string of the molecule is COCc1cc(NC[C@H](CO)Cc2ccsc2)ncn1. The van der Waals surface area contributed by atoms with E-state index in [1.54, 1.807) is 18.4 Å². The van der Waals surface area contributed by atoms with Crippen molar-refractivity contribution >= 4 is 17.2 Å². The maximum atomic E-state index is 9.45. The van der Waals surface area contributed by atoms with Crippen LogP contribution in [0.25, 0.3) is 0 Å². The third-order valence-electron chi connectivity index (χ3n) is 2.95. The molecule has 0 fully saturated rings. The van der Waals surface area contributed by atoms with Crippen LogP contribution in [0.5, 0.6) is 0 Å². The molecule has 2 heterocycles. The normalized spacial score (nSPS) is 12.3. The van der Waals surface area contributed by atoms with Gasteiger partial charge in [0.25, 0.3) is 0 Å². The summed E-state index contributed by atoms with van der Waals surface area (Å²) in [6.07, 6.45) is 2.38. The van der Waals surface area contributed by atoms with Gasteiger partial charge in [-0.25, -0.2) is 9.97 Å². The number of nitrogens with one attached hydrogen (secondary N) is 1. The third kappa shape index (κ3) is 4.56. The molecule has 1 atom stereocenters. The maximum Gasteiger partial charge on any atom is 0.129 e. The van der Waals surface area contributed by atoms with Crippen molar-refractivity contribution < 1.29 is 9.84 Å². The standard InChI is InChI=1S/C14H19N3O2S/c1-19-8-13-5-14(17-10-16-13)15-6-12(7-18)4-11-2-3-20-9-11/h2-3,5,9-10,12,18H,4,6-8H2,1H3,(H,15,16,17)/t12-/m1/s1. The molecule has 2 rings (SSSR count). The van der Waals surface area contributed by atoms with E-state index < -0.39 is 0 Å². The Hall–Kier alpha value is -1.50. The van der Waals surface area contributed by atoms with E-state index in [0.717, 1.165) is 17.9 Å². The first-order valence-corrected chi connectivity index (χ1v) is 7.41. The van der Waals surface area contributed by atoms with Crippen molar-refractivity contribution in [2.45, 2.75) is 13.0 Å². The van der Waals surface area contributed by atoms with Gasteiger partial charge in [0.15, 0.2) is 0 Å². The second kappa shape index (κ2) is 7.94. The highest BCUT2D eigenvalue weighted by atomic mass is 32.1. The monoisotopic (exact) mass is 293 g/mol. The Labute approximate surface area is 122 Å². The summed E-state index contributed by atoms with van der Waals surface area (Å²) in [6, 6.07) is 3.96. The van der Waals surface area contributed by atoms with Crippen LogP contribution >= 0.6 is 11.3 Å². The lowest BCUT2D eigenvalue weighted by Crippen LogP contribution is -2.20. The van der Waals surface area contributed by atoms with Crippen molar-refractivity contribution in [3.63, 3.8) is 0 Å². The Kier molecular flexibility index (Phi) is 5.91. The lowest BCUT2D eigenvalue weighted by molar-refractivity contribution is 0.181. The molecule has 0 saturated carbocycles. The summed E-state index contributed by atoms with van der Waals surface area (Å²) in [5.41, 5.74) is 2.10. The molecule has 5 nitrogen and oxygen atoms in total. The number of ether oxygens (including phenoxy) is 1. The zero-order valence-electron chi connectivity index (χ0n) is 11.5. The second-order valence-corrected chi connectivity index (χ2v) is 5.37. The van der Waals surface area contributed by atoms with E-state index in [1.807, 2.05) is 6.07 Å². The predicted molar refractivity (Wildman–Crippen MR) is 79.8 cm³/mol. The van der Waals surface area contributed by atoms with Crippen molar-refractivity contribution in [1.82, 2.24) is 9.97 Å². The van der Waals surface area contributed by atoms with Crippen LogP contribution in [-0.2, 0) is 17.8 Å². The minimum Gasteiger partial charge on any atom is -0.396 e. The Morgan fingerprint density at radius 1 is 1.45 bits per heavy atom. The lowest BCUT2D eigenvalue weighted by Gasteiger charge is -2.15. The fourth-order valence-corrected chi connectivity index (χ4v) is 2.59. The smallest absolute Gasteiger partial charge is 0.129 e. The van der Waals surface area contributed by atoms with Gasteiger partial charge in [-0.15, -0.1) is 0 Å². The number of anilines is 1. The summed E-state index contributed by atoms with van der Waals surface area (Å²) >= 11 is 1.68. The van der Waals surface area contributed by atoms with Crippen LogP contribution in [0.15, 0.2) is 29.2 Å². The van der Waals surface area contributed by atoms with Crippen LogP contribution in [0, 0.1) is 5.92 Å². The molecular weight excluding hydrogens is 274 g/mol. The number of nitrogens with zero attached hydrogens (tertiary/aromatic N) is 2. The summed E-state index contributed by atoms with van der Waals surface area (Å²) in [7, 11) is 1.64. The zero-order valence-corrected chi connectivity index (χ0v) is 12.3.